The molecule has 0 unspecified atom stereocenters. The summed E-state index contributed by atoms with van der Waals surface area (Å²) in [5.41, 5.74) is 2.79. The number of esters is 1. The minimum atomic E-state index is -0.417. The fourth-order valence-corrected chi connectivity index (χ4v) is 3.77. The van der Waals surface area contributed by atoms with Crippen molar-refractivity contribution in [2.45, 2.75) is 32.2 Å². The van der Waals surface area contributed by atoms with E-state index < -0.39 is 5.92 Å². The maximum Gasteiger partial charge on any atom is 0.312 e. The number of rotatable bonds is 4. The van der Waals surface area contributed by atoms with Crippen LogP contribution in [-0.4, -0.2) is 20.7 Å². The maximum absolute atomic E-state index is 13.3. The predicted octanol–water partition coefficient (Wildman–Crippen LogP) is 3.25. The molecule has 1 aliphatic rings. The average Bonchev–Trinajstić information content (AvgIpc) is 2.69. The molecule has 2 aromatic carbocycles. The molecular formula is C23H21NO5. The molecule has 0 bridgehead atoms. The third-order valence-corrected chi connectivity index (χ3v) is 5.31. The van der Waals surface area contributed by atoms with E-state index in [9.17, 15) is 19.8 Å². The van der Waals surface area contributed by atoms with Crippen LogP contribution in [0.25, 0.3) is 0 Å². The van der Waals surface area contributed by atoms with Crippen LogP contribution in [0.3, 0.4) is 0 Å². The molecule has 6 nitrogen and oxygen atoms in total. The highest BCUT2D eigenvalue weighted by Gasteiger charge is 2.32. The summed E-state index contributed by atoms with van der Waals surface area (Å²) in [5, 5.41) is 19.0. The Morgan fingerprint density at radius 1 is 1.00 bits per heavy atom. The Balaban J connectivity index is 1.73. The number of aromatic nitrogens is 1. The lowest BCUT2D eigenvalue weighted by molar-refractivity contribution is -0.135. The van der Waals surface area contributed by atoms with Crippen molar-refractivity contribution in [1.82, 2.24) is 4.57 Å². The van der Waals surface area contributed by atoms with Gasteiger partial charge in [-0.2, -0.15) is 0 Å². The van der Waals surface area contributed by atoms with E-state index in [2.05, 4.69) is 0 Å². The van der Waals surface area contributed by atoms with Gasteiger partial charge in [0.1, 0.15) is 17.2 Å². The van der Waals surface area contributed by atoms with E-state index in [0.29, 0.717) is 30.0 Å². The van der Waals surface area contributed by atoms with E-state index in [4.69, 9.17) is 4.74 Å². The van der Waals surface area contributed by atoms with Crippen LogP contribution in [0.4, 0.5) is 0 Å². The largest absolute Gasteiger partial charge is 0.508 e. The van der Waals surface area contributed by atoms with Crippen molar-refractivity contribution in [3.05, 3.63) is 87.3 Å². The maximum atomic E-state index is 13.3. The van der Waals surface area contributed by atoms with Gasteiger partial charge in [0, 0.05) is 24.2 Å². The lowest BCUT2D eigenvalue weighted by Crippen LogP contribution is -2.33. The SMILES string of the molecule is Cc1cc2c(c(=O)n1CCc1ccc(O)cc1)[C@H](c1ccc(O)cc1)CC(=O)O2. The van der Waals surface area contributed by atoms with Gasteiger partial charge in [0.05, 0.1) is 12.0 Å². The van der Waals surface area contributed by atoms with Gasteiger partial charge in [-0.25, -0.2) is 0 Å². The second kappa shape index (κ2) is 7.47. The molecule has 1 aliphatic heterocycles. The van der Waals surface area contributed by atoms with Crippen molar-refractivity contribution in [3.8, 4) is 17.2 Å². The zero-order valence-electron chi connectivity index (χ0n) is 16.0. The number of pyridine rings is 1. The molecule has 0 aliphatic carbocycles. The van der Waals surface area contributed by atoms with Crippen LogP contribution >= 0.6 is 0 Å². The predicted molar refractivity (Wildman–Crippen MR) is 107 cm³/mol. The molecule has 1 aromatic heterocycles. The first-order valence-corrected chi connectivity index (χ1v) is 9.44. The van der Waals surface area contributed by atoms with E-state index in [1.54, 1.807) is 47.0 Å². The molecule has 29 heavy (non-hydrogen) atoms. The molecule has 0 amide bonds. The van der Waals surface area contributed by atoms with Gasteiger partial charge >= 0.3 is 5.97 Å². The Morgan fingerprint density at radius 2 is 1.62 bits per heavy atom. The number of ether oxygens (including phenoxy) is 1. The van der Waals surface area contributed by atoms with Crippen LogP contribution in [0, 0.1) is 6.92 Å². The molecule has 1 atom stereocenters. The van der Waals surface area contributed by atoms with Crippen LogP contribution < -0.4 is 10.3 Å². The number of aromatic hydroxyl groups is 2. The van der Waals surface area contributed by atoms with E-state index in [1.807, 2.05) is 19.1 Å². The summed E-state index contributed by atoms with van der Waals surface area (Å²) in [7, 11) is 0. The zero-order valence-corrected chi connectivity index (χ0v) is 16.0. The van der Waals surface area contributed by atoms with Gasteiger partial charge in [-0.05, 0) is 48.7 Å². The van der Waals surface area contributed by atoms with Crippen LogP contribution in [0.1, 0.15) is 34.7 Å². The number of phenolic OH excluding ortho intramolecular Hbond substituents is 2. The summed E-state index contributed by atoms with van der Waals surface area (Å²) in [6.07, 6.45) is 0.706. The van der Waals surface area contributed by atoms with Crippen molar-refractivity contribution >= 4 is 5.97 Å². The van der Waals surface area contributed by atoms with Gasteiger partial charge < -0.3 is 19.5 Å². The first-order chi connectivity index (χ1) is 13.9. The van der Waals surface area contributed by atoms with Crippen LogP contribution in [0.15, 0.2) is 59.4 Å². The molecule has 6 heteroatoms. The van der Waals surface area contributed by atoms with Crippen LogP contribution in [0.2, 0.25) is 0 Å². The van der Waals surface area contributed by atoms with E-state index in [0.717, 1.165) is 11.1 Å². The van der Waals surface area contributed by atoms with Gasteiger partial charge in [0.15, 0.2) is 0 Å². The summed E-state index contributed by atoms with van der Waals surface area (Å²) < 4.78 is 7.06. The third-order valence-electron chi connectivity index (χ3n) is 5.31. The molecule has 148 valence electrons. The molecule has 2 N–H and O–H groups in total. The van der Waals surface area contributed by atoms with E-state index >= 15 is 0 Å². The molecule has 3 aromatic rings. The summed E-state index contributed by atoms with van der Waals surface area (Å²) in [6.45, 7) is 2.29. The normalized spacial score (nSPS) is 15.6. The highest BCUT2D eigenvalue weighted by Crippen LogP contribution is 2.37. The zero-order chi connectivity index (χ0) is 20.5. The standard InChI is InChI=1S/C23H21NO5/c1-14-12-20-22(19(13-21(27)29-20)16-4-8-18(26)9-5-16)23(28)24(14)11-10-15-2-6-17(25)7-3-15/h2-9,12,19,25-26H,10-11,13H2,1H3/t19-/m0/s1. The van der Waals surface area contributed by atoms with Crippen molar-refractivity contribution in [2.24, 2.45) is 0 Å². The number of carbonyl (C=O) groups is 1. The highest BCUT2D eigenvalue weighted by atomic mass is 16.5. The van der Waals surface area contributed by atoms with Crippen molar-refractivity contribution in [2.75, 3.05) is 0 Å². The van der Waals surface area contributed by atoms with Crippen molar-refractivity contribution in [3.63, 3.8) is 0 Å². The molecule has 2 heterocycles. The van der Waals surface area contributed by atoms with Gasteiger partial charge in [-0.1, -0.05) is 24.3 Å². The topological polar surface area (TPSA) is 88.8 Å². The van der Waals surface area contributed by atoms with Gasteiger partial charge in [0.2, 0.25) is 0 Å². The number of hydrogen-bond donors (Lipinski definition) is 2. The average molecular weight is 391 g/mol. The van der Waals surface area contributed by atoms with Gasteiger partial charge in [-0.3, -0.25) is 9.59 Å². The molecule has 0 saturated carbocycles. The Hall–Kier alpha value is -3.54. The lowest BCUT2D eigenvalue weighted by Gasteiger charge is -2.26. The second-order valence-corrected chi connectivity index (χ2v) is 7.26. The molecule has 0 spiro atoms. The van der Waals surface area contributed by atoms with Crippen LogP contribution in [-0.2, 0) is 17.8 Å². The minimum absolute atomic E-state index is 0.0774. The molecule has 0 saturated heterocycles. The fourth-order valence-electron chi connectivity index (χ4n) is 3.77. The Kier molecular flexibility index (Phi) is 4.84. The summed E-state index contributed by atoms with van der Waals surface area (Å²) in [4.78, 5) is 25.5. The molecular weight excluding hydrogens is 370 g/mol. The van der Waals surface area contributed by atoms with Gasteiger partial charge in [-0.15, -0.1) is 0 Å². The van der Waals surface area contributed by atoms with E-state index in [1.165, 1.54) is 0 Å². The number of phenols is 2. The minimum Gasteiger partial charge on any atom is -0.508 e. The second-order valence-electron chi connectivity index (χ2n) is 7.26. The van der Waals surface area contributed by atoms with Crippen LogP contribution in [0.5, 0.6) is 17.2 Å². The smallest absolute Gasteiger partial charge is 0.312 e. The number of nitrogens with zero attached hydrogens (tertiary/aromatic N) is 1. The van der Waals surface area contributed by atoms with Crippen molar-refractivity contribution in [1.29, 1.82) is 0 Å². The summed E-state index contributed by atoms with van der Waals surface area (Å²) in [6, 6.07) is 15.2. The number of fused-ring (bicyclic) bond motifs is 1. The van der Waals surface area contributed by atoms with E-state index in [-0.39, 0.29) is 29.4 Å². The number of benzene rings is 2. The quantitative estimate of drug-likeness (QED) is 0.667. The van der Waals surface area contributed by atoms with Crippen molar-refractivity contribution < 1.29 is 19.7 Å². The highest BCUT2D eigenvalue weighted by molar-refractivity contribution is 5.77. The molecule has 4 rings (SSSR count). The number of carbonyl (C=O) groups excluding carboxylic acids is 1. The Labute approximate surface area is 167 Å². The fraction of sp³-hybridized carbons (Fsp3) is 0.217. The number of hydrogen-bond acceptors (Lipinski definition) is 5. The van der Waals surface area contributed by atoms with Gasteiger partial charge in [0.25, 0.3) is 5.56 Å². The lowest BCUT2D eigenvalue weighted by atomic mass is 9.87. The first kappa shape index (κ1) is 18.8. The molecule has 0 radical (unpaired) electrons. The first-order valence-electron chi connectivity index (χ1n) is 9.44. The summed E-state index contributed by atoms with van der Waals surface area (Å²) in [5.74, 6) is -0.157. The Bertz CT molecular complexity index is 1110. The Morgan fingerprint density at radius 3 is 2.28 bits per heavy atom. The summed E-state index contributed by atoms with van der Waals surface area (Å²) >= 11 is 0. The third kappa shape index (κ3) is 3.74. The monoisotopic (exact) mass is 391 g/mol. The number of aryl methyl sites for hydroxylation is 2. The molecule has 0 fully saturated rings.